The van der Waals surface area contributed by atoms with Gasteiger partial charge in [-0.2, -0.15) is 0 Å². The van der Waals surface area contributed by atoms with Crippen molar-refractivity contribution < 1.29 is 14.6 Å². The van der Waals surface area contributed by atoms with Gasteiger partial charge in [0, 0.05) is 6.61 Å². The summed E-state index contributed by atoms with van der Waals surface area (Å²) in [4.78, 5) is 0. The third kappa shape index (κ3) is 3.70. The second-order valence-corrected chi connectivity index (χ2v) is 2.85. The Morgan fingerprint density at radius 1 is 1.82 bits per heavy atom. The van der Waals surface area contributed by atoms with Gasteiger partial charge in [-0.1, -0.05) is 0 Å². The molecule has 2 unspecified atom stereocenters. The van der Waals surface area contributed by atoms with Crippen LogP contribution in [0.15, 0.2) is 0 Å². The van der Waals surface area contributed by atoms with Crippen molar-refractivity contribution in [3.63, 3.8) is 0 Å². The van der Waals surface area contributed by atoms with Crippen molar-refractivity contribution in [2.75, 3.05) is 13.2 Å². The molecule has 1 saturated heterocycles. The molecule has 1 aliphatic rings. The van der Waals surface area contributed by atoms with E-state index < -0.39 is 6.10 Å². The minimum atomic E-state index is -0.489. The Hall–Kier alpha value is -0.120. The van der Waals surface area contributed by atoms with Crippen LogP contribution in [0.5, 0.6) is 0 Å². The Labute approximate surface area is 67.3 Å². The van der Waals surface area contributed by atoms with Crippen molar-refractivity contribution in [1.82, 2.24) is 0 Å². The zero-order chi connectivity index (χ0) is 8.10. The summed E-state index contributed by atoms with van der Waals surface area (Å²) >= 11 is 0. The highest BCUT2D eigenvalue weighted by Gasteiger charge is 2.15. The molecule has 0 amide bonds. The number of aliphatic hydroxyl groups excluding tert-OH is 1. The van der Waals surface area contributed by atoms with Crippen LogP contribution in [0.4, 0.5) is 0 Å². The van der Waals surface area contributed by atoms with Gasteiger partial charge in [0.05, 0.1) is 18.8 Å². The molecular formula is C8H15O3. The lowest BCUT2D eigenvalue weighted by atomic mass is 10.2. The maximum atomic E-state index is 8.80. The summed E-state index contributed by atoms with van der Waals surface area (Å²) in [5, 5.41) is 8.80. The maximum absolute atomic E-state index is 8.80. The predicted molar refractivity (Wildman–Crippen MR) is 40.9 cm³/mol. The highest BCUT2D eigenvalue weighted by atomic mass is 16.5. The first kappa shape index (κ1) is 8.97. The zero-order valence-corrected chi connectivity index (χ0v) is 6.82. The summed E-state index contributed by atoms with van der Waals surface area (Å²) in [6, 6.07) is 0. The molecule has 1 heterocycles. The van der Waals surface area contributed by atoms with E-state index in [-0.39, 0.29) is 6.10 Å². The molecule has 0 bridgehead atoms. The topological polar surface area (TPSA) is 38.7 Å². The van der Waals surface area contributed by atoms with Crippen LogP contribution in [0.2, 0.25) is 0 Å². The van der Waals surface area contributed by atoms with Crippen molar-refractivity contribution in [1.29, 1.82) is 0 Å². The molecule has 1 N–H and O–H groups in total. The van der Waals surface area contributed by atoms with Crippen molar-refractivity contribution in [2.45, 2.75) is 32.0 Å². The molecule has 1 fully saturated rings. The smallest absolute Gasteiger partial charge is 0.112 e. The highest BCUT2D eigenvalue weighted by Crippen LogP contribution is 2.12. The van der Waals surface area contributed by atoms with E-state index >= 15 is 0 Å². The summed E-state index contributed by atoms with van der Waals surface area (Å²) in [6.07, 6.45) is 1.96. The van der Waals surface area contributed by atoms with Gasteiger partial charge in [0.15, 0.2) is 0 Å². The van der Waals surface area contributed by atoms with Gasteiger partial charge in [-0.15, -0.1) is 0 Å². The molecule has 0 aromatic rings. The second kappa shape index (κ2) is 4.70. The van der Waals surface area contributed by atoms with Crippen molar-refractivity contribution in [2.24, 2.45) is 0 Å². The number of rotatable bonds is 4. The van der Waals surface area contributed by atoms with Crippen molar-refractivity contribution in [3.05, 3.63) is 6.61 Å². The fourth-order valence-electron chi connectivity index (χ4n) is 1.08. The summed E-state index contributed by atoms with van der Waals surface area (Å²) < 4.78 is 10.4. The van der Waals surface area contributed by atoms with Crippen molar-refractivity contribution >= 4 is 0 Å². The monoisotopic (exact) mass is 159 g/mol. The normalized spacial score (nSPS) is 27.3. The minimum Gasteiger partial charge on any atom is -0.391 e. The van der Waals surface area contributed by atoms with Crippen LogP contribution in [0.1, 0.15) is 19.8 Å². The maximum Gasteiger partial charge on any atom is 0.112 e. The molecule has 3 heteroatoms. The fraction of sp³-hybridized carbons (Fsp3) is 0.875. The summed E-state index contributed by atoms with van der Waals surface area (Å²) in [5.74, 6) is 0. The number of ether oxygens (including phenoxy) is 2. The van der Waals surface area contributed by atoms with E-state index in [1.165, 1.54) is 6.61 Å². The molecule has 0 aromatic carbocycles. The van der Waals surface area contributed by atoms with Crippen LogP contribution in [-0.2, 0) is 9.47 Å². The van der Waals surface area contributed by atoms with Gasteiger partial charge >= 0.3 is 0 Å². The van der Waals surface area contributed by atoms with E-state index in [1.807, 2.05) is 0 Å². The van der Waals surface area contributed by atoms with E-state index in [2.05, 4.69) is 0 Å². The van der Waals surface area contributed by atoms with Gasteiger partial charge in [0.25, 0.3) is 0 Å². The van der Waals surface area contributed by atoms with Crippen LogP contribution in [-0.4, -0.2) is 30.5 Å². The minimum absolute atomic E-state index is 0.241. The van der Waals surface area contributed by atoms with Gasteiger partial charge in [-0.3, -0.25) is 0 Å². The Morgan fingerprint density at radius 2 is 2.64 bits per heavy atom. The standard InChI is InChI=1S/C8H15O3/c1-7(9)5-10-6-8-3-2-4-11-8/h5,7-9H,2-4,6H2,1H3. The number of aliphatic hydroxyl groups is 1. The molecule has 3 nitrogen and oxygen atoms in total. The number of hydrogen-bond acceptors (Lipinski definition) is 3. The third-order valence-corrected chi connectivity index (χ3v) is 1.60. The van der Waals surface area contributed by atoms with Crippen molar-refractivity contribution in [3.8, 4) is 0 Å². The molecule has 0 saturated carbocycles. The third-order valence-electron chi connectivity index (χ3n) is 1.60. The largest absolute Gasteiger partial charge is 0.391 e. The van der Waals surface area contributed by atoms with E-state index in [4.69, 9.17) is 14.6 Å². The molecule has 0 aliphatic carbocycles. The lowest BCUT2D eigenvalue weighted by Crippen LogP contribution is -2.15. The molecular weight excluding hydrogens is 144 g/mol. The first-order valence-electron chi connectivity index (χ1n) is 4.03. The average molecular weight is 159 g/mol. The Balaban J connectivity index is 1.94. The first-order chi connectivity index (χ1) is 5.29. The Morgan fingerprint density at radius 3 is 3.18 bits per heavy atom. The summed E-state index contributed by atoms with van der Waals surface area (Å²) in [6.45, 7) is 4.52. The fourth-order valence-corrected chi connectivity index (χ4v) is 1.08. The van der Waals surface area contributed by atoms with Gasteiger partial charge < -0.3 is 14.6 Å². The highest BCUT2D eigenvalue weighted by molar-refractivity contribution is 4.66. The van der Waals surface area contributed by atoms with E-state index in [9.17, 15) is 0 Å². The molecule has 1 rings (SSSR count). The average Bonchev–Trinajstić information content (AvgIpc) is 2.39. The molecule has 0 aromatic heterocycles. The molecule has 2 atom stereocenters. The van der Waals surface area contributed by atoms with Gasteiger partial charge in [-0.25, -0.2) is 0 Å². The van der Waals surface area contributed by atoms with Gasteiger partial charge in [-0.05, 0) is 19.8 Å². The van der Waals surface area contributed by atoms with Crippen LogP contribution < -0.4 is 0 Å². The zero-order valence-electron chi connectivity index (χ0n) is 6.82. The lowest BCUT2D eigenvalue weighted by Gasteiger charge is -2.10. The van der Waals surface area contributed by atoms with Crippen LogP contribution in [0.25, 0.3) is 0 Å². The Bertz CT molecular complexity index is 97.5. The second-order valence-electron chi connectivity index (χ2n) is 2.85. The van der Waals surface area contributed by atoms with Crippen LogP contribution in [0, 0.1) is 6.61 Å². The quantitative estimate of drug-likeness (QED) is 0.657. The molecule has 1 aliphatic heterocycles. The first-order valence-corrected chi connectivity index (χ1v) is 4.03. The van der Waals surface area contributed by atoms with E-state index in [1.54, 1.807) is 6.92 Å². The van der Waals surface area contributed by atoms with Gasteiger partial charge in [0.1, 0.15) is 6.61 Å². The molecule has 0 spiro atoms. The SMILES string of the molecule is CC(O)[CH]OCC1CCCO1. The van der Waals surface area contributed by atoms with E-state index in [0.717, 1.165) is 19.4 Å². The molecule has 1 radical (unpaired) electrons. The summed E-state index contributed by atoms with van der Waals surface area (Å²) in [5.41, 5.74) is 0. The molecule has 11 heavy (non-hydrogen) atoms. The molecule has 65 valence electrons. The number of hydrogen-bond donors (Lipinski definition) is 1. The van der Waals surface area contributed by atoms with Crippen LogP contribution >= 0.6 is 0 Å². The predicted octanol–water partition coefficient (Wildman–Crippen LogP) is 0.725. The van der Waals surface area contributed by atoms with Crippen LogP contribution in [0.3, 0.4) is 0 Å². The summed E-state index contributed by atoms with van der Waals surface area (Å²) in [7, 11) is 0. The van der Waals surface area contributed by atoms with E-state index in [0.29, 0.717) is 6.61 Å². The Kier molecular flexibility index (Phi) is 3.83. The lowest BCUT2D eigenvalue weighted by molar-refractivity contribution is 0.0195. The van der Waals surface area contributed by atoms with Gasteiger partial charge in [0.2, 0.25) is 0 Å².